The Hall–Kier alpha value is -2.95. The molecule has 138 valence electrons. The van der Waals surface area contributed by atoms with Crippen LogP contribution >= 0.6 is 0 Å². The quantitative estimate of drug-likeness (QED) is 0.881. The highest BCUT2D eigenvalue weighted by molar-refractivity contribution is 6.27. The van der Waals surface area contributed by atoms with Crippen LogP contribution in [0, 0.1) is 12.7 Å². The van der Waals surface area contributed by atoms with E-state index in [-0.39, 0.29) is 23.1 Å². The van der Waals surface area contributed by atoms with Crippen LogP contribution in [0.1, 0.15) is 45.5 Å². The van der Waals surface area contributed by atoms with Crippen molar-refractivity contribution < 1.29 is 14.0 Å². The lowest BCUT2D eigenvalue weighted by Crippen LogP contribution is -2.39. The Labute approximate surface area is 157 Å². The monoisotopic (exact) mass is 364 g/mol. The number of ketones is 2. The minimum atomic E-state index is -0.334. The number of hydrogen-bond acceptors (Lipinski definition) is 4. The molecule has 0 atom stereocenters. The summed E-state index contributed by atoms with van der Waals surface area (Å²) in [5.41, 5.74) is 2.88. The third-order valence-corrected chi connectivity index (χ3v) is 5.22. The molecule has 27 heavy (non-hydrogen) atoms. The molecule has 0 bridgehead atoms. The number of nitrogens with zero attached hydrogens (tertiary/aromatic N) is 1. The van der Waals surface area contributed by atoms with E-state index in [4.69, 9.17) is 0 Å². The van der Waals surface area contributed by atoms with Gasteiger partial charge < -0.3 is 10.2 Å². The highest BCUT2D eigenvalue weighted by Crippen LogP contribution is 2.31. The zero-order valence-electron chi connectivity index (χ0n) is 15.2. The first-order chi connectivity index (χ1) is 13.1. The zero-order valence-corrected chi connectivity index (χ0v) is 15.2. The highest BCUT2D eigenvalue weighted by Gasteiger charge is 2.35. The fourth-order valence-corrected chi connectivity index (χ4v) is 3.80. The molecule has 0 spiro atoms. The van der Waals surface area contributed by atoms with E-state index in [0.717, 1.165) is 32.4 Å². The molecule has 0 unspecified atom stereocenters. The van der Waals surface area contributed by atoms with Gasteiger partial charge in [-0.15, -0.1) is 0 Å². The van der Waals surface area contributed by atoms with Crippen LogP contribution in [-0.2, 0) is 0 Å². The number of benzene rings is 2. The lowest BCUT2D eigenvalue weighted by atomic mass is 9.89. The number of carbonyl (C=O) groups is 2. The average molecular weight is 364 g/mol. The first-order valence-corrected chi connectivity index (χ1v) is 9.27. The Morgan fingerprint density at radius 3 is 2.26 bits per heavy atom. The molecule has 1 N–H and O–H groups in total. The molecule has 4 rings (SSSR count). The molecule has 0 aromatic heterocycles. The van der Waals surface area contributed by atoms with E-state index >= 15 is 0 Å². The predicted octanol–water partition coefficient (Wildman–Crippen LogP) is 4.32. The van der Waals surface area contributed by atoms with E-state index in [1.54, 1.807) is 37.3 Å². The molecule has 5 heteroatoms. The van der Waals surface area contributed by atoms with E-state index in [9.17, 15) is 14.0 Å². The van der Waals surface area contributed by atoms with Crippen LogP contribution in [0.15, 0.2) is 53.9 Å². The van der Waals surface area contributed by atoms with E-state index in [0.29, 0.717) is 28.1 Å². The third-order valence-electron chi connectivity index (χ3n) is 5.22. The van der Waals surface area contributed by atoms with E-state index in [1.165, 1.54) is 12.1 Å². The summed E-state index contributed by atoms with van der Waals surface area (Å²) in [5.74, 6) is -0.663. The molecule has 2 aromatic rings. The number of fused-ring (bicyclic) bond motifs is 1. The van der Waals surface area contributed by atoms with E-state index in [2.05, 4.69) is 5.32 Å². The van der Waals surface area contributed by atoms with Crippen molar-refractivity contribution in [2.24, 2.45) is 0 Å². The van der Waals surface area contributed by atoms with Gasteiger partial charge in [0.2, 0.25) is 11.6 Å². The maximum Gasteiger partial charge on any atom is 0.212 e. The van der Waals surface area contributed by atoms with Gasteiger partial charge in [0, 0.05) is 29.9 Å². The Bertz CT molecular complexity index is 959. The summed E-state index contributed by atoms with van der Waals surface area (Å²) in [6.45, 7) is 3.28. The van der Waals surface area contributed by atoms with Crippen molar-refractivity contribution in [3.05, 3.63) is 76.4 Å². The van der Waals surface area contributed by atoms with Crippen LogP contribution in [0.3, 0.4) is 0 Å². The van der Waals surface area contributed by atoms with Crippen molar-refractivity contribution in [2.45, 2.75) is 26.2 Å². The van der Waals surface area contributed by atoms with Gasteiger partial charge in [0.1, 0.15) is 17.2 Å². The number of likely N-dealkylation sites (tertiary alicyclic amines) is 1. The van der Waals surface area contributed by atoms with Crippen LogP contribution in [-0.4, -0.2) is 29.6 Å². The Morgan fingerprint density at radius 2 is 1.59 bits per heavy atom. The van der Waals surface area contributed by atoms with Crippen molar-refractivity contribution in [3.63, 3.8) is 0 Å². The number of Topliss-reactive ketones (excluding diaryl/α,β-unsaturated/α-hetero) is 2. The number of piperidine rings is 1. The molecule has 2 aliphatic rings. The normalized spacial score (nSPS) is 17.2. The van der Waals surface area contributed by atoms with Crippen molar-refractivity contribution in [3.8, 4) is 0 Å². The summed E-state index contributed by atoms with van der Waals surface area (Å²) < 4.78 is 13.5. The standard InChI is InChI=1S/C22H21FN2O2/c1-14-13-15(23)9-10-18(14)24-19-20(25-11-5-2-6-12-25)22(27)17-8-4-3-7-16(17)21(19)26/h3-4,7-10,13,24H,2,5-6,11-12H2,1H3. The van der Waals surface area contributed by atoms with E-state index in [1.807, 2.05) is 4.90 Å². The number of halogens is 1. The summed E-state index contributed by atoms with van der Waals surface area (Å²) in [6, 6.07) is 11.3. The van der Waals surface area contributed by atoms with Gasteiger partial charge >= 0.3 is 0 Å². The Kier molecular flexibility index (Phi) is 4.52. The third kappa shape index (κ3) is 3.14. The number of rotatable bonds is 3. The maximum atomic E-state index is 13.5. The fourth-order valence-electron chi connectivity index (χ4n) is 3.80. The summed E-state index contributed by atoms with van der Waals surface area (Å²) in [5, 5.41) is 3.15. The van der Waals surface area contributed by atoms with Gasteiger partial charge in [-0.2, -0.15) is 0 Å². The van der Waals surface area contributed by atoms with Gasteiger partial charge in [-0.3, -0.25) is 9.59 Å². The number of carbonyl (C=O) groups excluding carboxylic acids is 2. The maximum absolute atomic E-state index is 13.5. The Balaban J connectivity index is 1.83. The van der Waals surface area contributed by atoms with Crippen LogP contribution in [0.25, 0.3) is 0 Å². The number of nitrogens with one attached hydrogen (secondary N) is 1. The molecule has 1 fully saturated rings. The molecule has 0 saturated carbocycles. The minimum Gasteiger partial charge on any atom is -0.367 e. The summed E-state index contributed by atoms with van der Waals surface area (Å²) in [4.78, 5) is 28.5. The second kappa shape index (κ2) is 6.99. The second-order valence-electron chi connectivity index (χ2n) is 7.06. The first kappa shape index (κ1) is 17.5. The average Bonchev–Trinajstić information content (AvgIpc) is 2.68. The SMILES string of the molecule is Cc1cc(F)ccc1NC1=C(N2CCCCC2)C(=O)c2ccccc2C1=O. The van der Waals surface area contributed by atoms with Crippen LogP contribution in [0.2, 0.25) is 0 Å². The summed E-state index contributed by atoms with van der Waals surface area (Å²) in [7, 11) is 0. The molecule has 1 heterocycles. The van der Waals surface area contributed by atoms with Crippen LogP contribution in [0.4, 0.5) is 10.1 Å². The van der Waals surface area contributed by atoms with Crippen molar-refractivity contribution in [1.29, 1.82) is 0 Å². The molecular formula is C22H21FN2O2. The molecule has 0 radical (unpaired) electrons. The lowest BCUT2D eigenvalue weighted by molar-refractivity contribution is 0.0935. The van der Waals surface area contributed by atoms with Gasteiger partial charge in [-0.1, -0.05) is 24.3 Å². The molecule has 1 aliphatic heterocycles. The summed E-state index contributed by atoms with van der Waals surface area (Å²) in [6.07, 6.45) is 3.12. The second-order valence-corrected chi connectivity index (χ2v) is 7.06. The van der Waals surface area contributed by atoms with Crippen molar-refractivity contribution in [2.75, 3.05) is 18.4 Å². The highest BCUT2D eigenvalue weighted by atomic mass is 19.1. The van der Waals surface area contributed by atoms with Gasteiger partial charge in [0.25, 0.3) is 0 Å². The fraction of sp³-hybridized carbons (Fsp3) is 0.273. The lowest BCUT2D eigenvalue weighted by Gasteiger charge is -2.34. The number of aryl methyl sites for hydroxylation is 1. The van der Waals surface area contributed by atoms with Gasteiger partial charge in [-0.25, -0.2) is 4.39 Å². The largest absolute Gasteiger partial charge is 0.367 e. The van der Waals surface area contributed by atoms with E-state index < -0.39 is 0 Å². The molecular weight excluding hydrogens is 343 g/mol. The van der Waals surface area contributed by atoms with Crippen molar-refractivity contribution >= 4 is 17.3 Å². The van der Waals surface area contributed by atoms with Gasteiger partial charge in [0.15, 0.2) is 0 Å². The van der Waals surface area contributed by atoms with Crippen LogP contribution in [0.5, 0.6) is 0 Å². The molecule has 2 aromatic carbocycles. The Morgan fingerprint density at radius 1 is 0.926 bits per heavy atom. The number of anilines is 1. The minimum absolute atomic E-state index is 0.130. The first-order valence-electron chi connectivity index (χ1n) is 9.27. The van der Waals surface area contributed by atoms with Crippen molar-refractivity contribution in [1.82, 2.24) is 4.90 Å². The summed E-state index contributed by atoms with van der Waals surface area (Å²) >= 11 is 0. The van der Waals surface area contributed by atoms with Gasteiger partial charge in [0.05, 0.1) is 0 Å². The van der Waals surface area contributed by atoms with Crippen LogP contribution < -0.4 is 5.32 Å². The number of hydrogen-bond donors (Lipinski definition) is 1. The topological polar surface area (TPSA) is 49.4 Å². The number of allylic oxidation sites excluding steroid dienone is 2. The zero-order chi connectivity index (χ0) is 19.0. The van der Waals surface area contributed by atoms with Gasteiger partial charge in [-0.05, 0) is 49.9 Å². The molecule has 1 aliphatic carbocycles. The predicted molar refractivity (Wildman–Crippen MR) is 102 cm³/mol. The smallest absolute Gasteiger partial charge is 0.212 e. The molecule has 4 nitrogen and oxygen atoms in total. The molecule has 0 amide bonds. The molecule has 1 saturated heterocycles.